The first-order valence-electron chi connectivity index (χ1n) is 4.69. The third-order valence-corrected chi connectivity index (χ3v) is 3.50. The summed E-state index contributed by atoms with van der Waals surface area (Å²) in [7, 11) is 0. The van der Waals surface area contributed by atoms with Gasteiger partial charge in [0.2, 0.25) is 6.79 Å². The summed E-state index contributed by atoms with van der Waals surface area (Å²) in [4.78, 5) is 2.36. The van der Waals surface area contributed by atoms with Crippen molar-refractivity contribution in [2.24, 2.45) is 0 Å². The maximum Gasteiger partial charge on any atom is 0.231 e. The smallest absolute Gasteiger partial charge is 0.231 e. The van der Waals surface area contributed by atoms with Crippen molar-refractivity contribution in [3.63, 3.8) is 0 Å². The van der Waals surface area contributed by atoms with Crippen molar-refractivity contribution < 1.29 is 9.47 Å². The number of benzene rings is 1. The standard InChI is InChI=1S/C10H10INO2/c11-7-4-9-10(14-6-13-9)5-8(7)12-2-1-3-12/h4-5H,1-3,6H2. The topological polar surface area (TPSA) is 21.7 Å². The Bertz CT molecular complexity index is 377. The number of anilines is 1. The molecule has 14 heavy (non-hydrogen) atoms. The zero-order chi connectivity index (χ0) is 9.54. The zero-order valence-corrected chi connectivity index (χ0v) is 9.78. The first kappa shape index (κ1) is 8.64. The fraction of sp³-hybridized carbons (Fsp3) is 0.400. The molecule has 0 N–H and O–H groups in total. The molecule has 0 amide bonds. The summed E-state index contributed by atoms with van der Waals surface area (Å²) in [5, 5.41) is 0. The fourth-order valence-electron chi connectivity index (χ4n) is 1.71. The second-order valence-corrected chi connectivity index (χ2v) is 4.66. The average molecular weight is 303 g/mol. The Morgan fingerprint density at radius 1 is 1.14 bits per heavy atom. The van der Waals surface area contributed by atoms with E-state index in [0.29, 0.717) is 6.79 Å². The summed E-state index contributed by atoms with van der Waals surface area (Å²) in [6.45, 7) is 2.68. The molecule has 1 aromatic carbocycles. The van der Waals surface area contributed by atoms with E-state index in [0.717, 1.165) is 24.6 Å². The van der Waals surface area contributed by atoms with E-state index in [2.05, 4.69) is 39.6 Å². The van der Waals surface area contributed by atoms with Gasteiger partial charge in [-0.2, -0.15) is 0 Å². The lowest BCUT2D eigenvalue weighted by Gasteiger charge is -2.34. The van der Waals surface area contributed by atoms with E-state index in [1.165, 1.54) is 15.7 Å². The predicted molar refractivity (Wildman–Crippen MR) is 62.1 cm³/mol. The Hall–Kier alpha value is -0.650. The van der Waals surface area contributed by atoms with Gasteiger partial charge in [-0.1, -0.05) is 0 Å². The van der Waals surface area contributed by atoms with Gasteiger partial charge in [-0.3, -0.25) is 0 Å². The normalized spacial score (nSPS) is 18.2. The first-order valence-corrected chi connectivity index (χ1v) is 5.76. The molecule has 0 saturated carbocycles. The van der Waals surface area contributed by atoms with Gasteiger partial charge in [-0.15, -0.1) is 0 Å². The van der Waals surface area contributed by atoms with Crippen molar-refractivity contribution in [3.05, 3.63) is 15.7 Å². The molecule has 0 bridgehead atoms. The summed E-state index contributed by atoms with van der Waals surface area (Å²) in [6.07, 6.45) is 1.30. The van der Waals surface area contributed by atoms with Gasteiger partial charge in [-0.05, 0) is 35.1 Å². The van der Waals surface area contributed by atoms with E-state index in [1.54, 1.807) is 0 Å². The van der Waals surface area contributed by atoms with Crippen LogP contribution in [0.5, 0.6) is 11.5 Å². The Morgan fingerprint density at radius 3 is 2.50 bits per heavy atom. The molecular formula is C10H10INO2. The lowest BCUT2D eigenvalue weighted by atomic mass is 10.1. The van der Waals surface area contributed by atoms with Crippen LogP contribution in [0.4, 0.5) is 5.69 Å². The predicted octanol–water partition coefficient (Wildman–Crippen LogP) is 2.23. The molecule has 2 aliphatic heterocycles. The lowest BCUT2D eigenvalue weighted by Crippen LogP contribution is -2.37. The number of rotatable bonds is 1. The van der Waals surface area contributed by atoms with Crippen molar-refractivity contribution in [1.29, 1.82) is 0 Å². The van der Waals surface area contributed by atoms with Crippen LogP contribution in [-0.4, -0.2) is 19.9 Å². The second kappa shape index (κ2) is 3.18. The molecule has 1 saturated heterocycles. The lowest BCUT2D eigenvalue weighted by molar-refractivity contribution is 0.174. The third kappa shape index (κ3) is 1.24. The largest absolute Gasteiger partial charge is 0.454 e. The fourth-order valence-corrected chi connectivity index (χ4v) is 2.49. The highest BCUT2D eigenvalue weighted by molar-refractivity contribution is 14.1. The Kier molecular flexibility index (Phi) is 1.97. The van der Waals surface area contributed by atoms with Crippen LogP contribution in [0.2, 0.25) is 0 Å². The number of fused-ring (bicyclic) bond motifs is 1. The van der Waals surface area contributed by atoms with Crippen LogP contribution in [-0.2, 0) is 0 Å². The van der Waals surface area contributed by atoms with Crippen LogP contribution in [0.1, 0.15) is 6.42 Å². The molecule has 2 heterocycles. The highest BCUT2D eigenvalue weighted by Crippen LogP contribution is 2.39. The van der Waals surface area contributed by atoms with Gasteiger partial charge in [-0.25, -0.2) is 0 Å². The molecule has 0 spiro atoms. The molecule has 0 aliphatic carbocycles. The van der Waals surface area contributed by atoms with Gasteiger partial charge in [0.25, 0.3) is 0 Å². The van der Waals surface area contributed by atoms with Crippen molar-refractivity contribution >= 4 is 28.3 Å². The van der Waals surface area contributed by atoms with Crippen LogP contribution in [0.25, 0.3) is 0 Å². The van der Waals surface area contributed by atoms with Gasteiger partial charge in [0.1, 0.15) is 0 Å². The molecule has 0 atom stereocenters. The molecule has 1 fully saturated rings. The molecule has 0 aromatic heterocycles. The first-order chi connectivity index (χ1) is 6.84. The summed E-state index contributed by atoms with van der Waals surface area (Å²) >= 11 is 2.35. The summed E-state index contributed by atoms with van der Waals surface area (Å²) in [5.41, 5.74) is 1.28. The molecule has 3 rings (SSSR count). The van der Waals surface area contributed by atoms with Crippen LogP contribution in [0, 0.1) is 3.57 Å². The maximum atomic E-state index is 5.36. The molecule has 3 nitrogen and oxygen atoms in total. The van der Waals surface area contributed by atoms with E-state index < -0.39 is 0 Å². The van der Waals surface area contributed by atoms with E-state index in [9.17, 15) is 0 Å². The van der Waals surface area contributed by atoms with Crippen LogP contribution in [0.3, 0.4) is 0 Å². The van der Waals surface area contributed by atoms with Gasteiger partial charge in [0.05, 0.1) is 5.69 Å². The quantitative estimate of drug-likeness (QED) is 0.743. The number of halogens is 1. The minimum Gasteiger partial charge on any atom is -0.454 e. The van der Waals surface area contributed by atoms with Gasteiger partial charge in [0.15, 0.2) is 11.5 Å². The highest BCUT2D eigenvalue weighted by Gasteiger charge is 2.22. The second-order valence-electron chi connectivity index (χ2n) is 3.50. The minimum absolute atomic E-state index is 0.356. The average Bonchev–Trinajstić information content (AvgIpc) is 2.48. The Balaban J connectivity index is 2.03. The van der Waals surface area contributed by atoms with Crippen molar-refractivity contribution in [2.45, 2.75) is 6.42 Å². The van der Waals surface area contributed by atoms with Gasteiger partial charge in [0, 0.05) is 22.7 Å². The van der Waals surface area contributed by atoms with Crippen LogP contribution < -0.4 is 14.4 Å². The van der Waals surface area contributed by atoms with Gasteiger partial charge >= 0.3 is 0 Å². The SMILES string of the molecule is Ic1cc2c(cc1N1CCC1)OCO2. The maximum absolute atomic E-state index is 5.36. The number of hydrogen-bond acceptors (Lipinski definition) is 3. The molecule has 2 aliphatic rings. The minimum atomic E-state index is 0.356. The number of nitrogens with zero attached hydrogens (tertiary/aromatic N) is 1. The monoisotopic (exact) mass is 303 g/mol. The highest BCUT2D eigenvalue weighted by atomic mass is 127. The van der Waals surface area contributed by atoms with Crippen LogP contribution >= 0.6 is 22.6 Å². The van der Waals surface area contributed by atoms with Crippen LogP contribution in [0.15, 0.2) is 12.1 Å². The molecule has 74 valence electrons. The summed E-state index contributed by atoms with van der Waals surface area (Å²) < 4.78 is 11.9. The van der Waals surface area contributed by atoms with E-state index >= 15 is 0 Å². The Labute approximate surface area is 96.1 Å². The van der Waals surface area contributed by atoms with E-state index in [-0.39, 0.29) is 0 Å². The molecule has 0 radical (unpaired) electrons. The molecule has 0 unspecified atom stereocenters. The Morgan fingerprint density at radius 2 is 1.86 bits per heavy atom. The van der Waals surface area contributed by atoms with E-state index in [1.807, 2.05) is 0 Å². The number of ether oxygens (including phenoxy) is 2. The molecule has 4 heteroatoms. The zero-order valence-electron chi connectivity index (χ0n) is 7.62. The molecular weight excluding hydrogens is 293 g/mol. The van der Waals surface area contributed by atoms with E-state index in [4.69, 9.17) is 9.47 Å². The van der Waals surface area contributed by atoms with Gasteiger partial charge < -0.3 is 14.4 Å². The van der Waals surface area contributed by atoms with Crippen molar-refractivity contribution in [3.8, 4) is 11.5 Å². The summed E-state index contributed by atoms with van der Waals surface area (Å²) in [5.74, 6) is 1.76. The molecule has 1 aromatic rings. The van der Waals surface area contributed by atoms with Crippen molar-refractivity contribution in [1.82, 2.24) is 0 Å². The summed E-state index contributed by atoms with van der Waals surface area (Å²) in [6, 6.07) is 4.14. The van der Waals surface area contributed by atoms with Crippen molar-refractivity contribution in [2.75, 3.05) is 24.8 Å². The number of hydrogen-bond donors (Lipinski definition) is 0. The third-order valence-electron chi connectivity index (χ3n) is 2.64.